The summed E-state index contributed by atoms with van der Waals surface area (Å²) in [5.74, 6) is -0.0311. The Morgan fingerprint density at radius 2 is 1.79 bits per heavy atom. The van der Waals surface area contributed by atoms with Gasteiger partial charge in [-0.2, -0.15) is 0 Å². The summed E-state index contributed by atoms with van der Waals surface area (Å²) in [6, 6.07) is 7.62. The molecular weight excluding hydrogens is 240 g/mol. The summed E-state index contributed by atoms with van der Waals surface area (Å²) in [5.41, 5.74) is 14.6. The van der Waals surface area contributed by atoms with Crippen LogP contribution in [0.2, 0.25) is 0 Å². The van der Waals surface area contributed by atoms with E-state index >= 15 is 0 Å². The van der Waals surface area contributed by atoms with Gasteiger partial charge in [-0.3, -0.25) is 4.79 Å². The number of pyridine rings is 1. The van der Waals surface area contributed by atoms with Crippen molar-refractivity contribution in [2.75, 3.05) is 11.1 Å². The Morgan fingerprint density at radius 1 is 1.16 bits per heavy atom. The summed E-state index contributed by atoms with van der Waals surface area (Å²) >= 11 is 0. The largest absolute Gasteiger partial charge is 0.397 e. The lowest BCUT2D eigenvalue weighted by Crippen LogP contribution is -2.14. The molecule has 2 aromatic rings. The number of rotatable bonds is 3. The van der Waals surface area contributed by atoms with E-state index in [1.54, 1.807) is 6.07 Å². The average Bonchev–Trinajstić information content (AvgIpc) is 2.30. The van der Waals surface area contributed by atoms with Gasteiger partial charge in [0.05, 0.1) is 17.4 Å². The molecule has 0 saturated heterocycles. The van der Waals surface area contributed by atoms with Crippen molar-refractivity contribution in [3.05, 3.63) is 47.2 Å². The number of aromatic nitrogens is 1. The molecule has 0 spiro atoms. The van der Waals surface area contributed by atoms with Crippen LogP contribution in [0.3, 0.4) is 0 Å². The minimum Gasteiger partial charge on any atom is -0.397 e. The smallest absolute Gasteiger partial charge is 0.250 e. The average molecular weight is 256 g/mol. The minimum absolute atomic E-state index is 0.266. The van der Waals surface area contributed by atoms with E-state index in [4.69, 9.17) is 11.5 Å². The summed E-state index contributed by atoms with van der Waals surface area (Å²) in [6.07, 6.45) is 1.42. The Balaban J connectivity index is 2.33. The van der Waals surface area contributed by atoms with Gasteiger partial charge in [-0.05, 0) is 43.2 Å². The fraction of sp³-hybridized carbons (Fsp3) is 0.143. The maximum atomic E-state index is 11.2. The van der Waals surface area contributed by atoms with Crippen molar-refractivity contribution in [3.8, 4) is 0 Å². The van der Waals surface area contributed by atoms with Crippen LogP contribution in [0.15, 0.2) is 30.5 Å². The number of hydrogen-bond donors (Lipinski definition) is 3. The van der Waals surface area contributed by atoms with Gasteiger partial charge in [0.25, 0.3) is 5.91 Å². The van der Waals surface area contributed by atoms with E-state index in [1.165, 1.54) is 6.20 Å². The van der Waals surface area contributed by atoms with Crippen molar-refractivity contribution in [1.82, 2.24) is 4.98 Å². The van der Waals surface area contributed by atoms with E-state index in [2.05, 4.69) is 16.4 Å². The van der Waals surface area contributed by atoms with E-state index in [9.17, 15) is 4.79 Å². The normalized spacial score (nSPS) is 10.2. The Labute approximate surface area is 111 Å². The highest BCUT2D eigenvalue weighted by molar-refractivity contribution is 5.98. The Morgan fingerprint density at radius 3 is 2.37 bits per heavy atom. The number of nitrogens with zero attached hydrogens (tertiary/aromatic N) is 1. The zero-order valence-corrected chi connectivity index (χ0v) is 10.9. The first-order chi connectivity index (χ1) is 8.95. The quantitative estimate of drug-likeness (QED) is 0.784. The van der Waals surface area contributed by atoms with Crippen LogP contribution in [0.1, 0.15) is 21.5 Å². The van der Waals surface area contributed by atoms with Gasteiger partial charge in [-0.15, -0.1) is 0 Å². The van der Waals surface area contributed by atoms with Crippen molar-refractivity contribution in [3.63, 3.8) is 0 Å². The topological polar surface area (TPSA) is 94.0 Å². The monoisotopic (exact) mass is 256 g/mol. The number of carbonyl (C=O) groups excluding carboxylic acids is 1. The van der Waals surface area contributed by atoms with E-state index in [-0.39, 0.29) is 11.3 Å². The fourth-order valence-electron chi connectivity index (χ4n) is 1.94. The molecule has 1 heterocycles. The Hall–Kier alpha value is -2.56. The number of carbonyl (C=O) groups is 1. The van der Waals surface area contributed by atoms with E-state index in [0.29, 0.717) is 5.82 Å². The van der Waals surface area contributed by atoms with E-state index in [1.807, 2.05) is 26.0 Å². The van der Waals surface area contributed by atoms with Crippen LogP contribution in [-0.2, 0) is 0 Å². The first-order valence-electron chi connectivity index (χ1n) is 5.86. The van der Waals surface area contributed by atoms with Gasteiger partial charge < -0.3 is 16.8 Å². The maximum Gasteiger partial charge on any atom is 0.250 e. The predicted molar refractivity (Wildman–Crippen MR) is 76.4 cm³/mol. The molecule has 1 amide bonds. The molecule has 2 rings (SSSR count). The van der Waals surface area contributed by atoms with Gasteiger partial charge in [0.15, 0.2) is 0 Å². The Kier molecular flexibility index (Phi) is 3.37. The SMILES string of the molecule is Cc1cc(C)cc(Nc2cc(C(N)=O)c(N)cn2)c1. The van der Waals surface area contributed by atoms with Gasteiger partial charge in [0, 0.05) is 5.69 Å². The summed E-state index contributed by atoms with van der Waals surface area (Å²) in [7, 11) is 0. The highest BCUT2D eigenvalue weighted by atomic mass is 16.1. The van der Waals surface area contributed by atoms with Gasteiger partial charge >= 0.3 is 0 Å². The number of benzene rings is 1. The summed E-state index contributed by atoms with van der Waals surface area (Å²) in [5, 5.41) is 3.13. The molecular formula is C14H16N4O. The highest BCUT2D eigenvalue weighted by Gasteiger charge is 2.08. The molecule has 98 valence electrons. The molecule has 19 heavy (non-hydrogen) atoms. The number of hydrogen-bond acceptors (Lipinski definition) is 4. The van der Waals surface area contributed by atoms with Crippen LogP contribution >= 0.6 is 0 Å². The molecule has 0 saturated carbocycles. The molecule has 0 unspecified atom stereocenters. The highest BCUT2D eigenvalue weighted by Crippen LogP contribution is 2.20. The first-order valence-corrected chi connectivity index (χ1v) is 5.86. The molecule has 0 aliphatic rings. The minimum atomic E-state index is -0.566. The van der Waals surface area contributed by atoms with Crippen LogP contribution in [0.5, 0.6) is 0 Å². The van der Waals surface area contributed by atoms with Crippen LogP contribution < -0.4 is 16.8 Å². The number of nitrogens with two attached hydrogens (primary N) is 2. The first kappa shape index (κ1) is 12.9. The molecule has 5 N–H and O–H groups in total. The van der Waals surface area contributed by atoms with E-state index in [0.717, 1.165) is 16.8 Å². The lowest BCUT2D eigenvalue weighted by Gasteiger charge is -2.09. The van der Waals surface area contributed by atoms with Crippen LogP contribution in [0.4, 0.5) is 17.2 Å². The molecule has 0 radical (unpaired) electrons. The van der Waals surface area contributed by atoms with Crippen molar-refractivity contribution >= 4 is 23.1 Å². The summed E-state index contributed by atoms with van der Waals surface area (Å²) < 4.78 is 0. The second-order valence-electron chi connectivity index (χ2n) is 4.52. The summed E-state index contributed by atoms with van der Waals surface area (Å²) in [6.45, 7) is 4.03. The fourth-order valence-corrected chi connectivity index (χ4v) is 1.94. The second-order valence-corrected chi connectivity index (χ2v) is 4.52. The van der Waals surface area contributed by atoms with Crippen LogP contribution in [0.25, 0.3) is 0 Å². The Bertz CT molecular complexity index is 617. The molecule has 0 aliphatic heterocycles. The second kappa shape index (κ2) is 4.97. The van der Waals surface area contributed by atoms with Gasteiger partial charge in [-0.1, -0.05) is 6.07 Å². The van der Waals surface area contributed by atoms with Gasteiger partial charge in [-0.25, -0.2) is 4.98 Å². The molecule has 5 heteroatoms. The molecule has 0 aliphatic carbocycles. The maximum absolute atomic E-state index is 11.2. The van der Waals surface area contributed by atoms with Crippen molar-refractivity contribution in [1.29, 1.82) is 0 Å². The number of nitrogens with one attached hydrogen (secondary N) is 1. The number of nitrogen functional groups attached to an aromatic ring is 1. The van der Waals surface area contributed by atoms with Crippen molar-refractivity contribution < 1.29 is 4.79 Å². The zero-order chi connectivity index (χ0) is 14.0. The van der Waals surface area contributed by atoms with Crippen molar-refractivity contribution in [2.24, 2.45) is 5.73 Å². The third-order valence-corrected chi connectivity index (χ3v) is 2.69. The molecule has 0 bridgehead atoms. The predicted octanol–water partition coefficient (Wildman–Crippen LogP) is 2.12. The standard InChI is InChI=1S/C14H16N4O/c1-8-3-9(2)5-10(4-8)18-13-6-11(14(16)19)12(15)7-17-13/h3-7H,15H2,1-2H3,(H2,16,19)(H,17,18). The molecule has 5 nitrogen and oxygen atoms in total. The lowest BCUT2D eigenvalue weighted by atomic mass is 10.1. The zero-order valence-electron chi connectivity index (χ0n) is 10.9. The third kappa shape index (κ3) is 3.01. The number of primary amides is 1. The number of amides is 1. The molecule has 0 atom stereocenters. The lowest BCUT2D eigenvalue weighted by molar-refractivity contribution is 0.100. The molecule has 1 aromatic carbocycles. The van der Waals surface area contributed by atoms with Gasteiger partial charge in [0.2, 0.25) is 0 Å². The summed E-state index contributed by atoms with van der Waals surface area (Å²) in [4.78, 5) is 15.4. The van der Waals surface area contributed by atoms with E-state index < -0.39 is 5.91 Å². The van der Waals surface area contributed by atoms with Crippen molar-refractivity contribution in [2.45, 2.75) is 13.8 Å². The number of aryl methyl sites for hydroxylation is 2. The molecule has 0 fully saturated rings. The number of anilines is 3. The molecule has 1 aromatic heterocycles. The third-order valence-electron chi connectivity index (χ3n) is 2.69. The van der Waals surface area contributed by atoms with Crippen LogP contribution in [-0.4, -0.2) is 10.9 Å². The van der Waals surface area contributed by atoms with Crippen LogP contribution in [0, 0.1) is 13.8 Å². The van der Waals surface area contributed by atoms with Gasteiger partial charge in [0.1, 0.15) is 5.82 Å².